The number of ether oxygens (including phenoxy) is 2. The van der Waals surface area contributed by atoms with Crippen LogP contribution in [0.4, 0.5) is 4.79 Å². The summed E-state index contributed by atoms with van der Waals surface area (Å²) in [7, 11) is 0. The number of nitrogens with one attached hydrogen (secondary N) is 2. The van der Waals surface area contributed by atoms with Gasteiger partial charge in [0.25, 0.3) is 0 Å². The van der Waals surface area contributed by atoms with Gasteiger partial charge >= 0.3 is 6.09 Å². The molecule has 0 spiro atoms. The van der Waals surface area contributed by atoms with E-state index in [-0.39, 0.29) is 0 Å². The number of aliphatic hydroxyl groups excluding tert-OH is 3. The molecular weight excluding hydrogens is 296 g/mol. The van der Waals surface area contributed by atoms with E-state index in [1.165, 1.54) is 6.92 Å². The molecule has 9 heteroatoms. The summed E-state index contributed by atoms with van der Waals surface area (Å²) in [6, 6.07) is -2.16. The van der Waals surface area contributed by atoms with Crippen molar-refractivity contribution in [2.75, 3.05) is 6.61 Å². The van der Waals surface area contributed by atoms with Crippen LogP contribution in [0.25, 0.3) is 0 Å². The van der Waals surface area contributed by atoms with Gasteiger partial charge in [-0.15, -0.1) is 0 Å². The zero-order valence-corrected chi connectivity index (χ0v) is 13.1. The third-order valence-corrected chi connectivity index (χ3v) is 2.99. The fourth-order valence-corrected chi connectivity index (χ4v) is 2.13. The summed E-state index contributed by atoms with van der Waals surface area (Å²) in [5.41, 5.74) is -0.751. The second kappa shape index (κ2) is 7.23. The molecule has 0 aromatic carbocycles. The molecule has 0 aromatic rings. The molecule has 22 heavy (non-hydrogen) atoms. The van der Waals surface area contributed by atoms with E-state index in [9.17, 15) is 19.8 Å². The number of hydrogen-bond acceptors (Lipinski definition) is 7. The summed E-state index contributed by atoms with van der Waals surface area (Å²) in [5.74, 6) is -0.474. The highest BCUT2D eigenvalue weighted by molar-refractivity contribution is 5.74. The predicted molar refractivity (Wildman–Crippen MR) is 74.7 cm³/mol. The summed E-state index contributed by atoms with van der Waals surface area (Å²) in [6.45, 7) is 5.68. The first-order valence-corrected chi connectivity index (χ1v) is 6.94. The van der Waals surface area contributed by atoms with E-state index < -0.39 is 54.8 Å². The zero-order chi connectivity index (χ0) is 17.1. The molecule has 1 rings (SSSR count). The minimum atomic E-state index is -1.50. The molecule has 1 aliphatic heterocycles. The van der Waals surface area contributed by atoms with E-state index in [1.807, 2.05) is 0 Å². The second-order valence-corrected chi connectivity index (χ2v) is 6.14. The van der Waals surface area contributed by atoms with Gasteiger partial charge in [-0.2, -0.15) is 0 Å². The maximum absolute atomic E-state index is 11.9. The third-order valence-electron chi connectivity index (χ3n) is 2.99. The molecular formula is C13H24N2O7. The number of carbonyl (C=O) groups is 2. The van der Waals surface area contributed by atoms with E-state index in [1.54, 1.807) is 20.8 Å². The molecule has 1 saturated heterocycles. The largest absolute Gasteiger partial charge is 0.444 e. The van der Waals surface area contributed by atoms with Gasteiger partial charge in [-0.3, -0.25) is 4.79 Å². The van der Waals surface area contributed by atoms with Gasteiger partial charge in [-0.1, -0.05) is 0 Å². The Hall–Kier alpha value is -1.42. The molecule has 0 unspecified atom stereocenters. The molecule has 0 aromatic heterocycles. The van der Waals surface area contributed by atoms with E-state index in [2.05, 4.69) is 10.6 Å². The molecule has 0 radical (unpaired) electrons. The first-order chi connectivity index (χ1) is 10.0. The molecule has 9 nitrogen and oxygen atoms in total. The smallest absolute Gasteiger partial charge is 0.408 e. The van der Waals surface area contributed by atoms with E-state index in [4.69, 9.17) is 14.6 Å². The molecule has 1 heterocycles. The first-order valence-electron chi connectivity index (χ1n) is 6.94. The quantitative estimate of drug-likeness (QED) is 0.425. The van der Waals surface area contributed by atoms with Gasteiger partial charge in [0, 0.05) is 6.92 Å². The average Bonchev–Trinajstić information content (AvgIpc) is 2.35. The lowest BCUT2D eigenvalue weighted by Gasteiger charge is -2.42. The van der Waals surface area contributed by atoms with Crippen molar-refractivity contribution < 1.29 is 34.4 Å². The van der Waals surface area contributed by atoms with Crippen molar-refractivity contribution in [1.29, 1.82) is 0 Å². The monoisotopic (exact) mass is 320 g/mol. The Balaban J connectivity index is 2.89. The van der Waals surface area contributed by atoms with Crippen molar-refractivity contribution in [3.05, 3.63) is 0 Å². The number of hydrogen-bond donors (Lipinski definition) is 5. The zero-order valence-electron chi connectivity index (χ0n) is 13.1. The molecule has 0 bridgehead atoms. The number of rotatable bonds is 3. The van der Waals surface area contributed by atoms with Crippen molar-refractivity contribution in [2.45, 2.75) is 63.9 Å². The topological polar surface area (TPSA) is 137 Å². The highest BCUT2D eigenvalue weighted by atomic mass is 16.6. The summed E-state index contributed by atoms with van der Waals surface area (Å²) < 4.78 is 10.1. The molecule has 5 N–H and O–H groups in total. The predicted octanol–water partition coefficient (Wildman–Crippen LogP) is -1.55. The van der Waals surface area contributed by atoms with Crippen LogP contribution >= 0.6 is 0 Å². The molecule has 1 aliphatic rings. The molecule has 1 fully saturated rings. The van der Waals surface area contributed by atoms with Crippen LogP contribution in [0.2, 0.25) is 0 Å². The lowest BCUT2D eigenvalue weighted by Crippen LogP contribution is -2.69. The van der Waals surface area contributed by atoms with Crippen LogP contribution in [-0.2, 0) is 14.3 Å². The van der Waals surface area contributed by atoms with Gasteiger partial charge in [-0.25, -0.2) is 4.79 Å². The van der Waals surface area contributed by atoms with Crippen LogP contribution in [0, 0.1) is 0 Å². The fraction of sp³-hybridized carbons (Fsp3) is 0.846. The Labute approximate surface area is 128 Å². The van der Waals surface area contributed by atoms with Gasteiger partial charge in [-0.05, 0) is 20.8 Å². The molecule has 128 valence electrons. The molecule has 2 amide bonds. The molecule has 0 aliphatic carbocycles. The summed E-state index contributed by atoms with van der Waals surface area (Å²) in [5, 5.41) is 34.0. The van der Waals surface area contributed by atoms with Crippen LogP contribution in [0.1, 0.15) is 27.7 Å². The normalized spacial score (nSPS) is 32.2. The Kier molecular flexibility index (Phi) is 6.12. The van der Waals surface area contributed by atoms with Crippen LogP contribution in [-0.4, -0.2) is 70.1 Å². The van der Waals surface area contributed by atoms with E-state index in [0.717, 1.165) is 0 Å². The summed E-state index contributed by atoms with van der Waals surface area (Å²) in [4.78, 5) is 23.1. The van der Waals surface area contributed by atoms with Crippen molar-refractivity contribution in [3.63, 3.8) is 0 Å². The number of carbonyl (C=O) groups excluding carboxylic acids is 2. The van der Waals surface area contributed by atoms with Crippen molar-refractivity contribution in [3.8, 4) is 0 Å². The second-order valence-electron chi connectivity index (χ2n) is 6.14. The standard InChI is InChI=1S/C13H24N2O7/c1-6(17)14-9-8(15-12(20)22-13(2,3)4)10(18)7(5-16)21-11(9)19/h7-11,16,18-19H,5H2,1-4H3,(H,14,17)(H,15,20)/t7-,8-,9+,10-,11-/m1/s1. The van der Waals surface area contributed by atoms with Gasteiger partial charge in [0.05, 0.1) is 12.6 Å². The van der Waals surface area contributed by atoms with Gasteiger partial charge in [0.15, 0.2) is 6.29 Å². The summed E-state index contributed by atoms with van der Waals surface area (Å²) in [6.07, 6.45) is -4.75. The van der Waals surface area contributed by atoms with Crippen LogP contribution < -0.4 is 10.6 Å². The number of alkyl carbamates (subject to hydrolysis) is 1. The minimum Gasteiger partial charge on any atom is -0.444 e. The van der Waals surface area contributed by atoms with E-state index >= 15 is 0 Å². The van der Waals surface area contributed by atoms with Crippen molar-refractivity contribution in [2.24, 2.45) is 0 Å². The maximum atomic E-state index is 11.9. The van der Waals surface area contributed by atoms with Gasteiger partial charge < -0.3 is 35.4 Å². The van der Waals surface area contributed by atoms with Crippen molar-refractivity contribution in [1.82, 2.24) is 10.6 Å². The van der Waals surface area contributed by atoms with Crippen molar-refractivity contribution >= 4 is 12.0 Å². The molecule has 5 atom stereocenters. The average molecular weight is 320 g/mol. The third kappa shape index (κ3) is 5.09. The molecule has 0 saturated carbocycles. The minimum absolute atomic E-state index is 0.474. The summed E-state index contributed by atoms with van der Waals surface area (Å²) >= 11 is 0. The Morgan fingerprint density at radius 1 is 1.18 bits per heavy atom. The van der Waals surface area contributed by atoms with Crippen LogP contribution in [0.15, 0.2) is 0 Å². The van der Waals surface area contributed by atoms with Gasteiger partial charge in [0.2, 0.25) is 5.91 Å². The fourth-order valence-electron chi connectivity index (χ4n) is 2.13. The van der Waals surface area contributed by atoms with Crippen LogP contribution in [0.5, 0.6) is 0 Å². The van der Waals surface area contributed by atoms with E-state index in [0.29, 0.717) is 0 Å². The highest BCUT2D eigenvalue weighted by Crippen LogP contribution is 2.20. The lowest BCUT2D eigenvalue weighted by atomic mass is 9.94. The van der Waals surface area contributed by atoms with Crippen LogP contribution in [0.3, 0.4) is 0 Å². The number of amides is 2. The Morgan fingerprint density at radius 2 is 1.77 bits per heavy atom. The van der Waals surface area contributed by atoms with Gasteiger partial charge in [0.1, 0.15) is 23.9 Å². The Morgan fingerprint density at radius 3 is 2.23 bits per heavy atom. The first kappa shape index (κ1) is 18.6. The lowest BCUT2D eigenvalue weighted by molar-refractivity contribution is -0.230. The highest BCUT2D eigenvalue weighted by Gasteiger charge is 2.46. The Bertz CT molecular complexity index is 410. The maximum Gasteiger partial charge on any atom is 0.408 e. The SMILES string of the molecule is CC(=O)N[C@H]1[C@@H](NC(=O)OC(C)(C)C)[C@H](O)[C@@H](CO)O[C@H]1O. The number of aliphatic hydroxyl groups is 3.